The summed E-state index contributed by atoms with van der Waals surface area (Å²) in [6.07, 6.45) is 3.61. The molecular weight excluding hydrogens is 260 g/mol. The van der Waals surface area contributed by atoms with Crippen LogP contribution in [0.15, 0.2) is 0 Å². The van der Waals surface area contributed by atoms with Gasteiger partial charge in [-0.25, -0.2) is 0 Å². The lowest BCUT2D eigenvalue weighted by atomic mass is 10.0. The summed E-state index contributed by atoms with van der Waals surface area (Å²) < 4.78 is 21.2. The Morgan fingerprint density at radius 3 is 1.65 bits per heavy atom. The second-order valence-corrected chi connectivity index (χ2v) is 4.83. The molecule has 0 aromatic rings. The number of aliphatic hydroxyl groups is 1. The van der Waals surface area contributed by atoms with Gasteiger partial charge >= 0.3 is 0 Å². The zero-order valence-corrected chi connectivity index (χ0v) is 13.1. The second-order valence-electron chi connectivity index (χ2n) is 4.83. The van der Waals surface area contributed by atoms with Crippen molar-refractivity contribution in [2.75, 3.05) is 59.5 Å². The summed E-state index contributed by atoms with van der Waals surface area (Å²) in [5, 5.41) is 8.49. The van der Waals surface area contributed by atoms with Gasteiger partial charge in [-0.05, 0) is 18.8 Å². The van der Waals surface area contributed by atoms with Crippen LogP contribution >= 0.6 is 0 Å². The van der Waals surface area contributed by atoms with Gasteiger partial charge in [-0.3, -0.25) is 0 Å². The van der Waals surface area contributed by atoms with E-state index in [1.165, 1.54) is 12.8 Å². The van der Waals surface area contributed by atoms with Gasteiger partial charge in [0.25, 0.3) is 0 Å². The van der Waals surface area contributed by atoms with Crippen LogP contribution in [0.4, 0.5) is 0 Å². The van der Waals surface area contributed by atoms with E-state index in [2.05, 4.69) is 13.8 Å². The van der Waals surface area contributed by atoms with Crippen molar-refractivity contribution < 1.29 is 24.1 Å². The minimum atomic E-state index is 0.0560. The maximum Gasteiger partial charge on any atom is 0.0701 e. The number of rotatable bonds is 16. The van der Waals surface area contributed by atoms with Crippen LogP contribution in [0.2, 0.25) is 0 Å². The van der Waals surface area contributed by atoms with Crippen molar-refractivity contribution in [2.45, 2.75) is 33.1 Å². The van der Waals surface area contributed by atoms with E-state index in [1.54, 1.807) is 0 Å². The SMILES string of the molecule is CCC(C)CCCOCCOCCOCCOCCO. The topological polar surface area (TPSA) is 57.2 Å². The third-order valence-electron chi connectivity index (χ3n) is 3.03. The quantitative estimate of drug-likeness (QED) is 0.440. The van der Waals surface area contributed by atoms with Crippen LogP contribution < -0.4 is 0 Å². The highest BCUT2D eigenvalue weighted by atomic mass is 16.6. The molecule has 0 radical (unpaired) electrons. The van der Waals surface area contributed by atoms with E-state index in [1.807, 2.05) is 0 Å². The zero-order chi connectivity index (χ0) is 14.9. The van der Waals surface area contributed by atoms with Crippen LogP contribution in [-0.2, 0) is 18.9 Å². The Morgan fingerprint density at radius 1 is 0.750 bits per heavy atom. The van der Waals surface area contributed by atoms with Crippen molar-refractivity contribution in [3.63, 3.8) is 0 Å². The average Bonchev–Trinajstić information content (AvgIpc) is 2.47. The number of ether oxygens (including phenoxy) is 4. The monoisotopic (exact) mass is 292 g/mol. The predicted octanol–water partition coefficient (Wildman–Crippen LogP) is 1.87. The Bertz CT molecular complexity index is 178. The summed E-state index contributed by atoms with van der Waals surface area (Å²) in [4.78, 5) is 0. The average molecular weight is 292 g/mol. The van der Waals surface area contributed by atoms with Crippen molar-refractivity contribution in [2.24, 2.45) is 5.92 Å². The number of hydrogen-bond donors (Lipinski definition) is 1. The molecule has 0 aliphatic heterocycles. The highest BCUT2D eigenvalue weighted by molar-refractivity contribution is 4.49. The molecule has 1 atom stereocenters. The van der Waals surface area contributed by atoms with Crippen LogP contribution in [0, 0.1) is 5.92 Å². The molecule has 0 aromatic carbocycles. The van der Waals surface area contributed by atoms with Gasteiger partial charge in [-0.2, -0.15) is 0 Å². The lowest BCUT2D eigenvalue weighted by Gasteiger charge is -2.09. The lowest BCUT2D eigenvalue weighted by Crippen LogP contribution is -2.12. The summed E-state index contributed by atoms with van der Waals surface area (Å²) in [6, 6.07) is 0. The van der Waals surface area contributed by atoms with Crippen LogP contribution in [0.5, 0.6) is 0 Å². The molecule has 0 aromatic heterocycles. The molecule has 122 valence electrons. The van der Waals surface area contributed by atoms with E-state index in [4.69, 9.17) is 24.1 Å². The second kappa shape index (κ2) is 16.9. The molecule has 1 unspecified atom stereocenters. The van der Waals surface area contributed by atoms with Gasteiger partial charge in [-0.1, -0.05) is 20.3 Å². The molecule has 0 heterocycles. The van der Waals surface area contributed by atoms with E-state index in [9.17, 15) is 0 Å². The molecule has 1 N–H and O–H groups in total. The molecule has 0 spiro atoms. The fourth-order valence-electron chi connectivity index (χ4n) is 1.56. The molecule has 5 heteroatoms. The summed E-state index contributed by atoms with van der Waals surface area (Å²) in [7, 11) is 0. The Hall–Kier alpha value is -0.200. The van der Waals surface area contributed by atoms with Gasteiger partial charge in [0, 0.05) is 6.61 Å². The fraction of sp³-hybridized carbons (Fsp3) is 1.00. The Labute approximate surface area is 123 Å². The van der Waals surface area contributed by atoms with E-state index < -0.39 is 0 Å². The molecule has 5 nitrogen and oxygen atoms in total. The molecule has 0 rings (SSSR count). The minimum absolute atomic E-state index is 0.0560. The first-order valence-electron chi connectivity index (χ1n) is 7.73. The molecule has 0 saturated carbocycles. The third kappa shape index (κ3) is 15.9. The van der Waals surface area contributed by atoms with Gasteiger partial charge in [0.15, 0.2) is 0 Å². The van der Waals surface area contributed by atoms with E-state index in [-0.39, 0.29) is 6.61 Å². The maximum absolute atomic E-state index is 8.49. The first kappa shape index (κ1) is 19.8. The normalized spacial score (nSPS) is 12.8. The van der Waals surface area contributed by atoms with E-state index in [0.29, 0.717) is 46.2 Å². The largest absolute Gasteiger partial charge is 0.394 e. The lowest BCUT2D eigenvalue weighted by molar-refractivity contribution is -0.00592. The Kier molecular flexibility index (Phi) is 16.7. The summed E-state index contributed by atoms with van der Waals surface area (Å²) in [5.74, 6) is 0.799. The van der Waals surface area contributed by atoms with Crippen molar-refractivity contribution in [1.29, 1.82) is 0 Å². The van der Waals surface area contributed by atoms with Crippen LogP contribution in [0.3, 0.4) is 0 Å². The summed E-state index contributed by atoms with van der Waals surface area (Å²) in [5.41, 5.74) is 0. The molecular formula is C15H32O5. The maximum atomic E-state index is 8.49. The van der Waals surface area contributed by atoms with Crippen molar-refractivity contribution in [1.82, 2.24) is 0 Å². The highest BCUT2D eigenvalue weighted by Crippen LogP contribution is 2.08. The Morgan fingerprint density at radius 2 is 1.20 bits per heavy atom. The molecule has 0 aliphatic rings. The molecule has 0 amide bonds. The standard InChI is InChI=1S/C15H32O5/c1-3-15(2)5-4-7-17-9-11-19-13-14-20-12-10-18-8-6-16/h15-16H,3-14H2,1-2H3. The van der Waals surface area contributed by atoms with Gasteiger partial charge in [0.2, 0.25) is 0 Å². The zero-order valence-electron chi connectivity index (χ0n) is 13.1. The third-order valence-corrected chi connectivity index (χ3v) is 3.03. The first-order chi connectivity index (χ1) is 9.81. The summed E-state index contributed by atoms with van der Waals surface area (Å²) >= 11 is 0. The van der Waals surface area contributed by atoms with Gasteiger partial charge in [-0.15, -0.1) is 0 Å². The van der Waals surface area contributed by atoms with Gasteiger partial charge in [0.1, 0.15) is 0 Å². The van der Waals surface area contributed by atoms with Crippen LogP contribution in [0.1, 0.15) is 33.1 Å². The fourth-order valence-corrected chi connectivity index (χ4v) is 1.56. The molecule has 0 bridgehead atoms. The van der Waals surface area contributed by atoms with Crippen LogP contribution in [0.25, 0.3) is 0 Å². The number of hydrogen-bond acceptors (Lipinski definition) is 5. The molecule has 20 heavy (non-hydrogen) atoms. The smallest absolute Gasteiger partial charge is 0.0701 e. The molecule has 0 saturated heterocycles. The molecule has 0 fully saturated rings. The number of aliphatic hydroxyl groups excluding tert-OH is 1. The molecule has 0 aliphatic carbocycles. The Balaban J connectivity index is 2.96. The van der Waals surface area contributed by atoms with Gasteiger partial charge in [0.05, 0.1) is 52.9 Å². The van der Waals surface area contributed by atoms with Crippen molar-refractivity contribution in [3.8, 4) is 0 Å². The van der Waals surface area contributed by atoms with E-state index >= 15 is 0 Å². The highest BCUT2D eigenvalue weighted by Gasteiger charge is 1.98. The van der Waals surface area contributed by atoms with Gasteiger partial charge < -0.3 is 24.1 Å². The van der Waals surface area contributed by atoms with E-state index in [0.717, 1.165) is 18.9 Å². The minimum Gasteiger partial charge on any atom is -0.394 e. The van der Waals surface area contributed by atoms with Crippen molar-refractivity contribution >= 4 is 0 Å². The van der Waals surface area contributed by atoms with Crippen LogP contribution in [-0.4, -0.2) is 64.6 Å². The summed E-state index contributed by atoms with van der Waals surface area (Å²) in [6.45, 7) is 9.22. The predicted molar refractivity (Wildman–Crippen MR) is 79.1 cm³/mol. The first-order valence-corrected chi connectivity index (χ1v) is 7.73. The van der Waals surface area contributed by atoms with Crippen molar-refractivity contribution in [3.05, 3.63) is 0 Å².